The molecule has 0 saturated carbocycles. The first-order valence-corrected chi connectivity index (χ1v) is 20.1. The predicted octanol–water partition coefficient (Wildman–Crippen LogP) is 10.3. The van der Waals surface area contributed by atoms with E-state index in [2.05, 4.69) is 98.4 Å². The number of pyridine rings is 2. The second kappa shape index (κ2) is 14.3. The number of hydrogen-bond donors (Lipinski definition) is 0. The van der Waals surface area contributed by atoms with Gasteiger partial charge in [-0.3, -0.25) is 4.98 Å². The van der Waals surface area contributed by atoms with Crippen LogP contribution in [0.4, 0.5) is 4.39 Å². The van der Waals surface area contributed by atoms with Gasteiger partial charge in [-0.15, -0.1) is 54.1 Å². The molecule has 0 spiro atoms. The van der Waals surface area contributed by atoms with Crippen molar-refractivity contribution in [3.8, 4) is 22.6 Å². The summed E-state index contributed by atoms with van der Waals surface area (Å²) < 4.78 is 17.9. The molecule has 1 radical (unpaired) electrons. The van der Waals surface area contributed by atoms with Crippen LogP contribution in [0.25, 0.3) is 53.9 Å². The van der Waals surface area contributed by atoms with Gasteiger partial charge in [0.1, 0.15) is 0 Å². The minimum atomic E-state index is -1.34. The van der Waals surface area contributed by atoms with E-state index >= 15 is 0 Å². The first-order chi connectivity index (χ1) is 22.0. The molecule has 8 heteroatoms. The van der Waals surface area contributed by atoms with Crippen LogP contribution in [0.1, 0.15) is 39.3 Å². The van der Waals surface area contributed by atoms with Gasteiger partial charge in [-0.2, -0.15) is 15.7 Å². The number of aromatic nitrogens is 4. The number of nitrogens with zero attached hydrogens (tertiary/aromatic N) is 4. The minimum Gasteiger partial charge on any atom is -0.362 e. The molecule has 4 heterocycles. The summed E-state index contributed by atoms with van der Waals surface area (Å²) >= 11 is 1.61. The number of imidazole rings is 1. The Kier molecular flexibility index (Phi) is 10.6. The molecular weight excluding hydrogens is 796 g/mol. The summed E-state index contributed by atoms with van der Waals surface area (Å²) in [6.07, 6.45) is 4.84. The van der Waals surface area contributed by atoms with E-state index in [-0.39, 0.29) is 26.1 Å². The van der Waals surface area contributed by atoms with Gasteiger partial charge in [-0.1, -0.05) is 68.2 Å². The third-order valence-corrected chi connectivity index (χ3v) is 11.3. The van der Waals surface area contributed by atoms with E-state index in [0.29, 0.717) is 5.92 Å². The molecule has 0 amide bonds. The molecule has 0 aliphatic carbocycles. The largest absolute Gasteiger partial charge is 0.362 e. The van der Waals surface area contributed by atoms with Gasteiger partial charge in [0, 0.05) is 49.3 Å². The maximum absolute atomic E-state index is 13.6. The van der Waals surface area contributed by atoms with Crippen molar-refractivity contribution < 1.29 is 24.5 Å². The molecule has 4 aromatic heterocycles. The number of benzene rings is 3. The van der Waals surface area contributed by atoms with Gasteiger partial charge in [0.2, 0.25) is 5.95 Å². The number of thiophene rings is 1. The topological polar surface area (TPSA) is 43.6 Å². The van der Waals surface area contributed by atoms with Crippen LogP contribution in [-0.2, 0) is 26.5 Å². The number of halogens is 1. The van der Waals surface area contributed by atoms with E-state index in [0.717, 1.165) is 60.3 Å². The first kappa shape index (κ1) is 34.8. The average Bonchev–Trinajstić information content (AvgIpc) is 3.59. The van der Waals surface area contributed by atoms with E-state index in [9.17, 15) is 4.39 Å². The molecule has 243 valence electrons. The average molecular weight is 835 g/mol. The van der Waals surface area contributed by atoms with Gasteiger partial charge in [0.15, 0.2) is 0 Å². The molecule has 3 aromatic carbocycles. The van der Waals surface area contributed by atoms with Crippen molar-refractivity contribution in [1.29, 1.82) is 0 Å². The molecule has 47 heavy (non-hydrogen) atoms. The second-order valence-electron chi connectivity index (χ2n) is 13.4. The summed E-state index contributed by atoms with van der Waals surface area (Å²) in [5.74, 6) is 1.10. The third kappa shape index (κ3) is 7.31. The number of fused-ring (bicyclic) bond motifs is 4. The monoisotopic (exact) mass is 835 g/mol. The van der Waals surface area contributed by atoms with Crippen molar-refractivity contribution in [1.82, 2.24) is 19.5 Å². The van der Waals surface area contributed by atoms with E-state index in [1.165, 1.54) is 16.8 Å². The molecule has 0 bridgehead atoms. The Morgan fingerprint density at radius 3 is 2.34 bits per heavy atom. The van der Waals surface area contributed by atoms with Crippen molar-refractivity contribution in [2.45, 2.75) is 59.8 Å². The van der Waals surface area contributed by atoms with Gasteiger partial charge >= 0.3 is 0 Å². The van der Waals surface area contributed by atoms with Crippen molar-refractivity contribution in [3.05, 3.63) is 109 Å². The smallest absolute Gasteiger partial charge is 0.213 e. The van der Waals surface area contributed by atoms with Crippen LogP contribution in [0, 0.1) is 24.0 Å². The zero-order valence-electron chi connectivity index (χ0n) is 27.9. The standard InChI is InChI=1S/C21H15FN3S.C18H24NSi.Ir/c1-12(2)25-17-9-4-3-8-16(17)24-21(25)14-7-5-6-13-15-10-19(22)23-11-18(15)26-20(13)14;1-14(2)11-16-12-17(15-9-7-6-8-10-15)19-13-18(16)20(3,4)5;/h3-6,8-12H,1-2H3;6-9,12-14H,11H2,1-5H3;/q2*-1;. The zero-order chi connectivity index (χ0) is 32.6. The van der Waals surface area contributed by atoms with Crippen molar-refractivity contribution in [2.75, 3.05) is 0 Å². The van der Waals surface area contributed by atoms with Crippen LogP contribution in [0.3, 0.4) is 0 Å². The molecule has 0 aliphatic rings. The second-order valence-corrected chi connectivity index (χ2v) is 19.5. The van der Waals surface area contributed by atoms with Gasteiger partial charge in [0.05, 0.1) is 24.9 Å². The molecule has 0 atom stereocenters. The van der Waals surface area contributed by atoms with Gasteiger partial charge in [0.25, 0.3) is 0 Å². The number of para-hydroxylation sites is 2. The van der Waals surface area contributed by atoms with Gasteiger partial charge in [-0.25, -0.2) is 4.98 Å². The molecule has 0 unspecified atom stereocenters. The SMILES string of the molecule is CC(C)Cc1cc(-c2[c-]cccc2)ncc1[Si](C)(C)C.CC(C)n1c(-c2[c-]ccc3c2sc2cnc(F)cc23)nc2ccccc21.[Ir]. The Morgan fingerprint density at radius 1 is 0.872 bits per heavy atom. The minimum absolute atomic E-state index is 0. The predicted molar refractivity (Wildman–Crippen MR) is 195 cm³/mol. The Bertz CT molecular complexity index is 2150. The van der Waals surface area contributed by atoms with E-state index in [1.807, 2.05) is 48.5 Å². The van der Waals surface area contributed by atoms with Crippen molar-refractivity contribution in [3.63, 3.8) is 0 Å². The molecule has 0 N–H and O–H groups in total. The number of rotatable bonds is 6. The fourth-order valence-electron chi connectivity index (χ4n) is 6.01. The molecule has 4 nitrogen and oxygen atoms in total. The van der Waals surface area contributed by atoms with Gasteiger partial charge < -0.3 is 9.55 Å². The maximum atomic E-state index is 13.6. The summed E-state index contributed by atoms with van der Waals surface area (Å²) in [7, 11) is -1.34. The summed E-state index contributed by atoms with van der Waals surface area (Å²) in [5.41, 5.74) is 6.63. The van der Waals surface area contributed by atoms with E-state index in [4.69, 9.17) is 4.98 Å². The molecule has 7 aromatic rings. The summed E-state index contributed by atoms with van der Waals surface area (Å²) in [6.45, 7) is 16.0. The van der Waals surface area contributed by atoms with Crippen LogP contribution in [0.5, 0.6) is 0 Å². The molecule has 0 aliphatic heterocycles. The molecular formula is C39H39FIrN4SSi-2. The molecule has 0 fully saturated rings. The Balaban J connectivity index is 0.000000188. The van der Waals surface area contributed by atoms with Crippen LogP contribution in [0.2, 0.25) is 19.6 Å². The number of hydrogen-bond acceptors (Lipinski definition) is 4. The van der Waals surface area contributed by atoms with Crippen LogP contribution in [-0.4, -0.2) is 27.6 Å². The summed E-state index contributed by atoms with van der Waals surface area (Å²) in [5, 5.41) is 3.40. The summed E-state index contributed by atoms with van der Waals surface area (Å²) in [6, 6.07) is 30.8. The Labute approximate surface area is 295 Å². The van der Waals surface area contributed by atoms with Crippen LogP contribution in [0.15, 0.2) is 85.2 Å². The normalized spacial score (nSPS) is 11.7. The summed E-state index contributed by atoms with van der Waals surface area (Å²) in [4.78, 5) is 13.4. The first-order valence-electron chi connectivity index (χ1n) is 15.8. The van der Waals surface area contributed by atoms with Crippen LogP contribution >= 0.6 is 11.3 Å². The van der Waals surface area contributed by atoms with Crippen molar-refractivity contribution >= 4 is 55.8 Å². The fourth-order valence-corrected chi connectivity index (χ4v) is 8.75. The quantitative estimate of drug-likeness (QED) is 0.0953. The van der Waals surface area contributed by atoms with E-state index < -0.39 is 14.0 Å². The van der Waals surface area contributed by atoms with Gasteiger partial charge in [-0.05, 0) is 59.3 Å². The Morgan fingerprint density at radius 2 is 1.64 bits per heavy atom. The van der Waals surface area contributed by atoms with Crippen molar-refractivity contribution in [2.24, 2.45) is 5.92 Å². The van der Waals surface area contributed by atoms with Crippen LogP contribution < -0.4 is 5.19 Å². The fraction of sp³-hybridized carbons (Fsp3) is 0.256. The molecule has 7 rings (SSSR count). The third-order valence-electron chi connectivity index (χ3n) is 8.03. The molecule has 0 saturated heterocycles. The van der Waals surface area contributed by atoms with E-state index in [1.54, 1.807) is 17.5 Å². The maximum Gasteiger partial charge on any atom is 0.213 e. The zero-order valence-corrected chi connectivity index (χ0v) is 32.1. The Hall–Kier alpha value is -3.55.